The Bertz CT molecular complexity index is 371. The molecule has 0 aliphatic rings. The van der Waals surface area contributed by atoms with Crippen molar-refractivity contribution in [3.63, 3.8) is 0 Å². The fourth-order valence-electron chi connectivity index (χ4n) is 1.35. The molecule has 7 heteroatoms. The van der Waals surface area contributed by atoms with E-state index in [1.807, 2.05) is 0 Å². The lowest BCUT2D eigenvalue weighted by atomic mass is 10.3. The molecule has 0 amide bonds. The van der Waals surface area contributed by atoms with E-state index in [1.54, 1.807) is 6.20 Å². The number of aromatic nitrogens is 2. The monoisotopic (exact) mass is 316 g/mol. The van der Waals surface area contributed by atoms with Gasteiger partial charge >= 0.3 is 0 Å². The van der Waals surface area contributed by atoms with E-state index in [0.29, 0.717) is 12.0 Å². The van der Waals surface area contributed by atoms with Crippen molar-refractivity contribution in [2.45, 2.75) is 26.3 Å². The lowest BCUT2D eigenvalue weighted by Crippen LogP contribution is -2.28. The molecule has 1 aromatic heterocycles. The van der Waals surface area contributed by atoms with Crippen molar-refractivity contribution in [1.29, 1.82) is 0 Å². The molecule has 0 spiro atoms. The van der Waals surface area contributed by atoms with Gasteiger partial charge in [-0.2, -0.15) is 4.98 Å². The van der Waals surface area contributed by atoms with Gasteiger partial charge < -0.3 is 10.2 Å². The normalized spacial score (nSPS) is 11.1. The first kappa shape index (κ1) is 15.1. The summed E-state index contributed by atoms with van der Waals surface area (Å²) < 4.78 is 0.832. The maximum atomic E-state index is 5.27. The van der Waals surface area contributed by atoms with Crippen LogP contribution in [0, 0.1) is 0 Å². The molecule has 0 saturated heterocycles. The smallest absolute Gasteiger partial charge is 0.239 e. The second kappa shape index (κ2) is 7.50. The van der Waals surface area contributed by atoms with Crippen LogP contribution in [-0.4, -0.2) is 41.0 Å². The van der Waals surface area contributed by atoms with E-state index in [2.05, 4.69) is 62.4 Å². The number of anilines is 2. The molecule has 0 unspecified atom stereocenters. The summed E-state index contributed by atoms with van der Waals surface area (Å²) in [5.74, 6) is 6.43. The van der Waals surface area contributed by atoms with Crippen molar-refractivity contribution in [1.82, 2.24) is 14.9 Å². The summed E-state index contributed by atoms with van der Waals surface area (Å²) in [6.07, 6.45) is 2.72. The maximum Gasteiger partial charge on any atom is 0.239 e. The van der Waals surface area contributed by atoms with E-state index in [1.165, 1.54) is 0 Å². The number of nitrogen functional groups attached to an aromatic ring is 1. The summed E-state index contributed by atoms with van der Waals surface area (Å²) >= 11 is 3.40. The summed E-state index contributed by atoms with van der Waals surface area (Å²) in [7, 11) is 2.13. The number of nitrogens with zero attached hydrogens (tertiary/aromatic N) is 3. The van der Waals surface area contributed by atoms with Gasteiger partial charge in [-0.25, -0.2) is 10.8 Å². The second-order valence-corrected chi connectivity index (χ2v) is 5.24. The molecule has 102 valence electrons. The van der Waals surface area contributed by atoms with Gasteiger partial charge in [0.15, 0.2) is 0 Å². The minimum atomic E-state index is 0.403. The zero-order valence-corrected chi connectivity index (χ0v) is 12.7. The Labute approximate surface area is 116 Å². The van der Waals surface area contributed by atoms with Crippen LogP contribution in [0.1, 0.15) is 20.3 Å². The van der Waals surface area contributed by atoms with E-state index < -0.39 is 0 Å². The molecule has 1 aromatic rings. The topological polar surface area (TPSA) is 79.1 Å². The number of hydrogen-bond donors (Lipinski definition) is 3. The van der Waals surface area contributed by atoms with Crippen molar-refractivity contribution in [2.24, 2.45) is 5.84 Å². The van der Waals surface area contributed by atoms with Crippen molar-refractivity contribution < 1.29 is 0 Å². The maximum absolute atomic E-state index is 5.27. The average Bonchev–Trinajstić information content (AvgIpc) is 2.36. The van der Waals surface area contributed by atoms with E-state index in [-0.39, 0.29) is 0 Å². The summed E-state index contributed by atoms with van der Waals surface area (Å²) in [4.78, 5) is 10.5. The number of hydrazine groups is 1. The first-order chi connectivity index (χ1) is 8.54. The molecule has 18 heavy (non-hydrogen) atoms. The number of halogens is 1. The van der Waals surface area contributed by atoms with Crippen molar-refractivity contribution >= 4 is 27.7 Å². The van der Waals surface area contributed by atoms with E-state index in [4.69, 9.17) is 5.84 Å². The predicted octanol–water partition coefficient (Wildman–Crippen LogP) is 1.67. The summed E-state index contributed by atoms with van der Waals surface area (Å²) in [5.41, 5.74) is 2.43. The van der Waals surface area contributed by atoms with Gasteiger partial charge in [-0.1, -0.05) is 0 Å². The largest absolute Gasteiger partial charge is 0.369 e. The highest BCUT2D eigenvalue weighted by Crippen LogP contribution is 2.19. The molecule has 0 aliphatic heterocycles. The van der Waals surface area contributed by atoms with E-state index >= 15 is 0 Å². The van der Waals surface area contributed by atoms with Crippen molar-refractivity contribution in [3.8, 4) is 0 Å². The highest BCUT2D eigenvalue weighted by molar-refractivity contribution is 9.10. The van der Waals surface area contributed by atoms with Crippen LogP contribution >= 0.6 is 15.9 Å². The zero-order valence-electron chi connectivity index (χ0n) is 11.1. The summed E-state index contributed by atoms with van der Waals surface area (Å²) in [6.45, 7) is 6.29. The minimum Gasteiger partial charge on any atom is -0.369 e. The Morgan fingerprint density at radius 1 is 1.50 bits per heavy atom. The molecule has 0 saturated carbocycles. The quantitative estimate of drug-likeness (QED) is 0.403. The van der Waals surface area contributed by atoms with E-state index in [0.717, 1.165) is 29.8 Å². The van der Waals surface area contributed by atoms with Crippen LogP contribution in [0.15, 0.2) is 10.7 Å². The summed E-state index contributed by atoms with van der Waals surface area (Å²) in [6, 6.07) is 0.573. The molecule has 0 aliphatic carbocycles. The standard InChI is InChI=1S/C11H21BrN6/c1-8(2)18(3)6-4-5-14-10-9(12)7-15-11(16-10)17-13/h7-8H,4-6,13H2,1-3H3,(H2,14,15,16,17). The highest BCUT2D eigenvalue weighted by atomic mass is 79.9. The fraction of sp³-hybridized carbons (Fsp3) is 0.636. The zero-order chi connectivity index (χ0) is 13.5. The molecule has 0 radical (unpaired) electrons. The van der Waals surface area contributed by atoms with Gasteiger partial charge in [0.05, 0.1) is 4.47 Å². The third-order valence-electron chi connectivity index (χ3n) is 2.73. The average molecular weight is 317 g/mol. The first-order valence-corrected chi connectivity index (χ1v) is 6.77. The molecular formula is C11H21BrN6. The summed E-state index contributed by atoms with van der Waals surface area (Å²) in [5, 5.41) is 3.26. The van der Waals surface area contributed by atoms with Gasteiger partial charge in [0.1, 0.15) is 5.82 Å². The Balaban J connectivity index is 2.39. The van der Waals surface area contributed by atoms with Gasteiger partial charge in [-0.05, 0) is 49.8 Å². The predicted molar refractivity (Wildman–Crippen MR) is 78.4 cm³/mol. The van der Waals surface area contributed by atoms with Crippen molar-refractivity contribution in [3.05, 3.63) is 10.7 Å². The number of hydrogen-bond acceptors (Lipinski definition) is 6. The highest BCUT2D eigenvalue weighted by Gasteiger charge is 2.05. The van der Waals surface area contributed by atoms with Crippen molar-refractivity contribution in [2.75, 3.05) is 30.9 Å². The molecule has 0 bridgehead atoms. The van der Waals surface area contributed by atoms with Crippen LogP contribution in [0.2, 0.25) is 0 Å². The minimum absolute atomic E-state index is 0.403. The van der Waals surface area contributed by atoms with Gasteiger partial charge in [0.2, 0.25) is 5.95 Å². The molecule has 6 nitrogen and oxygen atoms in total. The molecule has 0 atom stereocenters. The van der Waals surface area contributed by atoms with Crippen LogP contribution in [0.5, 0.6) is 0 Å². The van der Waals surface area contributed by atoms with Crippen LogP contribution in [-0.2, 0) is 0 Å². The molecule has 1 rings (SSSR count). The van der Waals surface area contributed by atoms with Gasteiger partial charge in [-0.3, -0.25) is 5.43 Å². The van der Waals surface area contributed by atoms with Crippen LogP contribution < -0.4 is 16.6 Å². The molecule has 4 N–H and O–H groups in total. The van der Waals surface area contributed by atoms with Gasteiger partial charge in [-0.15, -0.1) is 0 Å². The Morgan fingerprint density at radius 3 is 2.83 bits per heavy atom. The number of nitrogens with two attached hydrogens (primary N) is 1. The molecule has 0 fully saturated rings. The lowest BCUT2D eigenvalue weighted by molar-refractivity contribution is 0.273. The number of rotatable bonds is 7. The molecular weight excluding hydrogens is 296 g/mol. The van der Waals surface area contributed by atoms with Gasteiger partial charge in [0.25, 0.3) is 0 Å². The Hall–Kier alpha value is -0.920. The fourth-order valence-corrected chi connectivity index (χ4v) is 1.69. The molecule has 1 heterocycles. The lowest BCUT2D eigenvalue weighted by Gasteiger charge is -2.20. The first-order valence-electron chi connectivity index (χ1n) is 5.98. The Kier molecular flexibility index (Phi) is 6.31. The van der Waals surface area contributed by atoms with Gasteiger partial charge in [0, 0.05) is 18.8 Å². The third-order valence-corrected chi connectivity index (χ3v) is 3.32. The van der Waals surface area contributed by atoms with E-state index in [9.17, 15) is 0 Å². The Morgan fingerprint density at radius 2 is 2.22 bits per heavy atom. The SMILES string of the molecule is CC(C)N(C)CCCNc1nc(NN)ncc1Br. The van der Waals surface area contributed by atoms with Crippen LogP contribution in [0.3, 0.4) is 0 Å². The van der Waals surface area contributed by atoms with Crippen LogP contribution in [0.25, 0.3) is 0 Å². The number of nitrogens with one attached hydrogen (secondary N) is 2. The molecule has 0 aromatic carbocycles. The van der Waals surface area contributed by atoms with Crippen LogP contribution in [0.4, 0.5) is 11.8 Å². The second-order valence-electron chi connectivity index (χ2n) is 4.39. The third kappa shape index (κ3) is 4.75.